The van der Waals surface area contributed by atoms with Gasteiger partial charge >= 0.3 is 20.9 Å². The molecule has 0 radical (unpaired) electrons. The van der Waals surface area contributed by atoms with E-state index in [9.17, 15) is 22.0 Å². The Kier molecular flexibility index (Phi) is 3.86. The molecule has 1 aliphatic rings. The van der Waals surface area contributed by atoms with Crippen molar-refractivity contribution >= 4 is 8.60 Å². The molecule has 1 saturated heterocycles. The Morgan fingerprint density at radius 2 is 1.60 bits per heavy atom. The van der Waals surface area contributed by atoms with Crippen molar-refractivity contribution in [1.82, 2.24) is 0 Å². The van der Waals surface area contributed by atoms with E-state index in [0.29, 0.717) is 0 Å². The van der Waals surface area contributed by atoms with Gasteiger partial charge in [-0.05, 0) is 0 Å². The highest BCUT2D eigenvalue weighted by Gasteiger charge is 2.61. The average molecular weight is 254 g/mol. The van der Waals surface area contributed by atoms with Crippen molar-refractivity contribution in [3.63, 3.8) is 0 Å². The largest absolute Gasteiger partial charge is 0.483 e. The van der Waals surface area contributed by atoms with E-state index in [1.54, 1.807) is 6.92 Å². The molecule has 1 rings (SSSR count). The molecule has 0 spiro atoms. The molecule has 1 aliphatic heterocycles. The van der Waals surface area contributed by atoms with Gasteiger partial charge in [-0.1, -0.05) is 6.92 Å². The van der Waals surface area contributed by atoms with Crippen molar-refractivity contribution in [2.24, 2.45) is 5.92 Å². The summed E-state index contributed by atoms with van der Waals surface area (Å²) in [6, 6.07) is 0. The molecule has 1 fully saturated rings. The highest BCUT2D eigenvalue weighted by molar-refractivity contribution is 7.41. The summed E-state index contributed by atoms with van der Waals surface area (Å²) in [5, 5.41) is 0. The molecule has 0 atom stereocenters. The van der Waals surface area contributed by atoms with Gasteiger partial charge in [0.2, 0.25) is 0 Å². The van der Waals surface area contributed by atoms with E-state index in [1.807, 2.05) is 0 Å². The summed E-state index contributed by atoms with van der Waals surface area (Å²) in [4.78, 5) is 0. The highest BCUT2D eigenvalue weighted by atomic mass is 31.2. The van der Waals surface area contributed by atoms with Crippen LogP contribution in [0, 0.1) is 5.92 Å². The Hall–Kier alpha value is -0.0400. The van der Waals surface area contributed by atoms with Gasteiger partial charge in [-0.2, -0.15) is 22.0 Å². The Bertz CT molecular complexity index is 213. The van der Waals surface area contributed by atoms with E-state index < -0.39 is 20.9 Å². The third-order valence-electron chi connectivity index (χ3n) is 1.45. The van der Waals surface area contributed by atoms with Gasteiger partial charge in [-0.25, -0.2) is 4.52 Å². The molecule has 0 aromatic carbocycles. The van der Waals surface area contributed by atoms with Gasteiger partial charge in [0, 0.05) is 5.92 Å². The SMILES string of the molecule is CC1COP(OC(F)(F)C(F)(F)F)OC1. The lowest BCUT2D eigenvalue weighted by molar-refractivity contribution is -0.363. The second-order valence-electron chi connectivity index (χ2n) is 3.03. The van der Waals surface area contributed by atoms with E-state index in [1.165, 1.54) is 0 Å². The lowest BCUT2D eigenvalue weighted by Crippen LogP contribution is -2.38. The topological polar surface area (TPSA) is 27.7 Å². The van der Waals surface area contributed by atoms with Gasteiger partial charge < -0.3 is 9.05 Å². The van der Waals surface area contributed by atoms with Crippen LogP contribution in [0.3, 0.4) is 0 Å². The molecule has 9 heteroatoms. The third-order valence-corrected chi connectivity index (χ3v) is 2.55. The van der Waals surface area contributed by atoms with Crippen molar-refractivity contribution in [3.8, 4) is 0 Å². The molecule has 0 N–H and O–H groups in total. The van der Waals surface area contributed by atoms with Crippen LogP contribution in [0.1, 0.15) is 6.92 Å². The van der Waals surface area contributed by atoms with Gasteiger partial charge in [0.15, 0.2) is 0 Å². The lowest BCUT2D eigenvalue weighted by atomic mass is 10.2. The zero-order chi connectivity index (χ0) is 11.7. The summed E-state index contributed by atoms with van der Waals surface area (Å²) < 4.78 is 72.3. The molecule has 0 bridgehead atoms. The zero-order valence-corrected chi connectivity index (χ0v) is 8.45. The number of rotatable bonds is 2. The number of hydrogen-bond acceptors (Lipinski definition) is 3. The number of alkyl halides is 5. The lowest BCUT2D eigenvalue weighted by Gasteiger charge is -2.28. The smallest absolute Gasteiger partial charge is 0.312 e. The van der Waals surface area contributed by atoms with E-state index in [4.69, 9.17) is 0 Å². The van der Waals surface area contributed by atoms with Crippen molar-refractivity contribution in [2.45, 2.75) is 19.2 Å². The van der Waals surface area contributed by atoms with Crippen molar-refractivity contribution in [1.29, 1.82) is 0 Å². The van der Waals surface area contributed by atoms with Gasteiger partial charge in [-0.3, -0.25) is 0 Å². The summed E-state index contributed by atoms with van der Waals surface area (Å²) >= 11 is 0. The molecule has 0 aromatic heterocycles. The Balaban J connectivity index is 2.48. The second-order valence-corrected chi connectivity index (χ2v) is 4.17. The fourth-order valence-electron chi connectivity index (χ4n) is 0.660. The van der Waals surface area contributed by atoms with E-state index >= 15 is 0 Å². The molecule has 15 heavy (non-hydrogen) atoms. The highest BCUT2D eigenvalue weighted by Crippen LogP contribution is 2.52. The van der Waals surface area contributed by atoms with Crippen LogP contribution in [0.15, 0.2) is 0 Å². The molecule has 90 valence electrons. The van der Waals surface area contributed by atoms with Crippen LogP contribution >= 0.6 is 8.60 Å². The predicted octanol–water partition coefficient (Wildman–Crippen LogP) is 3.07. The summed E-state index contributed by atoms with van der Waals surface area (Å²) in [7, 11) is -2.62. The summed E-state index contributed by atoms with van der Waals surface area (Å²) in [5.74, 6) is -0.0492. The fourth-order valence-corrected chi connectivity index (χ4v) is 1.88. The average Bonchev–Trinajstić information content (AvgIpc) is 2.06. The zero-order valence-electron chi connectivity index (χ0n) is 7.55. The van der Waals surface area contributed by atoms with Gasteiger partial charge in [0.05, 0.1) is 13.2 Å². The summed E-state index contributed by atoms with van der Waals surface area (Å²) in [6.07, 6.45) is -11.0. The molecule has 3 nitrogen and oxygen atoms in total. The molecule has 0 aromatic rings. The first-order valence-electron chi connectivity index (χ1n) is 3.92. The minimum atomic E-state index is -5.76. The monoisotopic (exact) mass is 254 g/mol. The second kappa shape index (κ2) is 4.45. The first-order chi connectivity index (χ1) is 6.72. The van der Waals surface area contributed by atoms with Crippen LogP contribution in [0.2, 0.25) is 0 Å². The van der Waals surface area contributed by atoms with Crippen molar-refractivity contribution in [2.75, 3.05) is 13.2 Å². The maximum atomic E-state index is 12.3. The number of hydrogen-bond donors (Lipinski definition) is 0. The molecule has 0 saturated carbocycles. The minimum absolute atomic E-state index is 0.0413. The van der Waals surface area contributed by atoms with Gasteiger partial charge in [0.25, 0.3) is 0 Å². The van der Waals surface area contributed by atoms with Gasteiger partial charge in [0.1, 0.15) is 0 Å². The Labute approximate surface area is 83.5 Å². The molecular weight excluding hydrogens is 246 g/mol. The predicted molar refractivity (Wildman–Crippen MR) is 40.1 cm³/mol. The quantitative estimate of drug-likeness (QED) is 0.559. The van der Waals surface area contributed by atoms with Crippen LogP contribution < -0.4 is 0 Å². The van der Waals surface area contributed by atoms with Crippen molar-refractivity contribution in [3.05, 3.63) is 0 Å². The molecule has 0 amide bonds. The van der Waals surface area contributed by atoms with E-state index in [2.05, 4.69) is 13.6 Å². The van der Waals surface area contributed by atoms with Crippen LogP contribution in [0.4, 0.5) is 22.0 Å². The molecule has 0 aliphatic carbocycles. The van der Waals surface area contributed by atoms with Crippen LogP contribution in [-0.2, 0) is 13.6 Å². The third kappa shape index (κ3) is 3.48. The summed E-state index contributed by atoms with van der Waals surface area (Å²) in [6.45, 7) is 1.79. The Morgan fingerprint density at radius 1 is 1.13 bits per heavy atom. The standard InChI is InChI=1S/C6H8F5O3P/c1-4-2-12-15(13-3-4)14-6(10,11)5(7,8)9/h4H,2-3H2,1H3. The minimum Gasteiger partial charge on any atom is -0.312 e. The molecule has 0 unspecified atom stereocenters. The van der Waals surface area contributed by atoms with Crippen molar-refractivity contribution < 1.29 is 35.5 Å². The Morgan fingerprint density at radius 3 is 2.00 bits per heavy atom. The first kappa shape index (κ1) is 13.0. The normalized spacial score (nSPS) is 29.2. The van der Waals surface area contributed by atoms with E-state index in [0.717, 1.165) is 0 Å². The van der Waals surface area contributed by atoms with Gasteiger partial charge in [-0.15, -0.1) is 0 Å². The molecule has 1 heterocycles. The van der Waals surface area contributed by atoms with Crippen LogP contribution in [0.25, 0.3) is 0 Å². The summed E-state index contributed by atoms with van der Waals surface area (Å²) in [5.41, 5.74) is 0. The number of halogens is 5. The maximum Gasteiger partial charge on any atom is 0.483 e. The van der Waals surface area contributed by atoms with Crippen LogP contribution in [-0.4, -0.2) is 25.5 Å². The van der Waals surface area contributed by atoms with Crippen LogP contribution in [0.5, 0.6) is 0 Å². The van der Waals surface area contributed by atoms with E-state index in [-0.39, 0.29) is 19.1 Å². The fraction of sp³-hybridized carbons (Fsp3) is 1.00. The molecular formula is C6H8F5O3P. The first-order valence-corrected chi connectivity index (χ1v) is 5.01. The maximum absolute atomic E-state index is 12.3.